The van der Waals surface area contributed by atoms with Crippen LogP contribution in [0.1, 0.15) is 55.9 Å². The van der Waals surface area contributed by atoms with Crippen molar-refractivity contribution in [1.82, 2.24) is 4.90 Å². The van der Waals surface area contributed by atoms with Gasteiger partial charge < -0.3 is 16.0 Å². The highest BCUT2D eigenvalue weighted by atomic mass is 16.1. The number of hydrogen-bond donors (Lipinski definition) is 2. The number of hydrogen-bond acceptors (Lipinski definition) is 4. The second-order valence-corrected chi connectivity index (χ2v) is 10.5. The Bertz CT molecular complexity index is 1290. The molecule has 0 spiro atoms. The molecule has 0 atom stereocenters. The van der Waals surface area contributed by atoms with E-state index in [-0.39, 0.29) is 0 Å². The molecule has 0 unspecified atom stereocenters. The number of nitrogens with one attached hydrogen (secondary N) is 1. The highest BCUT2D eigenvalue weighted by Gasteiger charge is 2.17. The van der Waals surface area contributed by atoms with Crippen LogP contribution in [0.3, 0.4) is 0 Å². The minimum absolute atomic E-state index is 0.674. The lowest BCUT2D eigenvalue weighted by Gasteiger charge is -2.36. The van der Waals surface area contributed by atoms with E-state index in [1.807, 2.05) is 32.0 Å². The first-order valence-electron chi connectivity index (χ1n) is 14.4. The molecule has 1 amide bonds. The number of benzene rings is 3. The van der Waals surface area contributed by atoms with Gasteiger partial charge in [-0.2, -0.15) is 0 Å². The van der Waals surface area contributed by atoms with Gasteiger partial charge in [-0.3, -0.25) is 9.69 Å². The van der Waals surface area contributed by atoms with Crippen molar-refractivity contribution in [2.75, 3.05) is 36.4 Å². The van der Waals surface area contributed by atoms with Crippen molar-refractivity contribution in [2.24, 2.45) is 5.73 Å². The van der Waals surface area contributed by atoms with Gasteiger partial charge in [0.05, 0.1) is 0 Å². The molecule has 3 aromatic rings. The van der Waals surface area contributed by atoms with Crippen LogP contribution in [-0.4, -0.2) is 37.5 Å². The predicted molar refractivity (Wildman–Crippen MR) is 171 cm³/mol. The Hall–Kier alpha value is -3.83. The molecule has 1 aliphatic rings. The van der Waals surface area contributed by atoms with Gasteiger partial charge in [0.15, 0.2) is 0 Å². The maximum absolute atomic E-state index is 10.5. The Kier molecular flexibility index (Phi) is 12.0. The Labute approximate surface area is 241 Å². The fourth-order valence-electron chi connectivity index (χ4n) is 4.83. The molecule has 0 aliphatic carbocycles. The Morgan fingerprint density at radius 1 is 0.900 bits per heavy atom. The van der Waals surface area contributed by atoms with E-state index in [0.29, 0.717) is 6.41 Å². The second-order valence-electron chi connectivity index (χ2n) is 10.5. The first kappa shape index (κ1) is 30.7. The van der Waals surface area contributed by atoms with E-state index in [1.54, 1.807) is 0 Å². The average molecular weight is 539 g/mol. The maximum Gasteiger partial charge on any atom is 0.211 e. The standard InChI is InChI=1S/C18H22N2.C17H24N2O/c1-16-7-5-6-8-17(16)15-19-11-13-20(14-12-19)18-9-3-2-4-10-18;1-5-6-7-12(2)14(4)17(18)16-10-15(19-11-20)9-8-13(16)3/h2-10H,11-15H2,1H3;7-11H,5-6,18H2,1-4H3,(H,19,20)/b;12-7+,17-14+. The molecule has 0 bridgehead atoms. The van der Waals surface area contributed by atoms with E-state index in [2.05, 4.69) is 96.6 Å². The zero-order valence-electron chi connectivity index (χ0n) is 24.9. The lowest BCUT2D eigenvalue weighted by atomic mass is 9.98. The maximum atomic E-state index is 10.5. The van der Waals surface area contributed by atoms with Gasteiger partial charge in [-0.05, 0) is 80.6 Å². The molecule has 1 fully saturated rings. The van der Waals surface area contributed by atoms with Crippen LogP contribution in [0.25, 0.3) is 5.70 Å². The summed E-state index contributed by atoms with van der Waals surface area (Å²) in [6.07, 6.45) is 5.07. The zero-order valence-corrected chi connectivity index (χ0v) is 24.9. The van der Waals surface area contributed by atoms with E-state index in [1.165, 1.54) is 22.4 Å². The highest BCUT2D eigenvalue weighted by molar-refractivity contribution is 5.78. The van der Waals surface area contributed by atoms with Gasteiger partial charge in [-0.1, -0.05) is 73.5 Å². The molecule has 0 aromatic heterocycles. The number of carbonyl (C=O) groups excluding carboxylic acids is 1. The molecule has 0 saturated carbocycles. The largest absolute Gasteiger partial charge is 0.398 e. The lowest BCUT2D eigenvalue weighted by molar-refractivity contribution is -0.105. The summed E-state index contributed by atoms with van der Waals surface area (Å²) >= 11 is 0. The molecule has 5 nitrogen and oxygen atoms in total. The number of piperazine rings is 1. The average Bonchev–Trinajstić information content (AvgIpc) is 2.98. The third-order valence-corrected chi connectivity index (χ3v) is 7.64. The Balaban J connectivity index is 0.000000220. The first-order chi connectivity index (χ1) is 19.3. The summed E-state index contributed by atoms with van der Waals surface area (Å²) in [5, 5.41) is 2.66. The molecular weight excluding hydrogens is 492 g/mol. The number of allylic oxidation sites excluding steroid dienone is 3. The van der Waals surface area contributed by atoms with Crippen molar-refractivity contribution >= 4 is 23.5 Å². The smallest absolute Gasteiger partial charge is 0.211 e. The third-order valence-electron chi connectivity index (χ3n) is 7.64. The van der Waals surface area contributed by atoms with Gasteiger partial charge in [-0.15, -0.1) is 0 Å². The number of amides is 1. The minimum atomic E-state index is 0.674. The van der Waals surface area contributed by atoms with Crippen LogP contribution in [0.4, 0.5) is 11.4 Å². The molecule has 5 heteroatoms. The van der Waals surface area contributed by atoms with Crippen LogP contribution >= 0.6 is 0 Å². The lowest BCUT2D eigenvalue weighted by Crippen LogP contribution is -2.46. The quantitative estimate of drug-likeness (QED) is 0.221. The Morgan fingerprint density at radius 2 is 1.57 bits per heavy atom. The van der Waals surface area contributed by atoms with Crippen LogP contribution in [0.5, 0.6) is 0 Å². The fourth-order valence-corrected chi connectivity index (χ4v) is 4.83. The number of anilines is 2. The van der Waals surface area contributed by atoms with Gasteiger partial charge >= 0.3 is 0 Å². The number of nitrogens with zero attached hydrogens (tertiary/aromatic N) is 2. The van der Waals surface area contributed by atoms with Crippen molar-refractivity contribution in [2.45, 2.75) is 54.0 Å². The molecule has 40 heavy (non-hydrogen) atoms. The molecular formula is C35H46N4O. The topological polar surface area (TPSA) is 61.6 Å². The summed E-state index contributed by atoms with van der Waals surface area (Å²) in [6, 6.07) is 25.2. The number of unbranched alkanes of at least 4 members (excludes halogenated alkanes) is 1. The molecule has 1 aliphatic heterocycles. The van der Waals surface area contributed by atoms with Crippen LogP contribution in [0, 0.1) is 13.8 Å². The summed E-state index contributed by atoms with van der Waals surface area (Å²) in [7, 11) is 0. The molecule has 3 aromatic carbocycles. The van der Waals surface area contributed by atoms with Crippen molar-refractivity contribution in [3.8, 4) is 0 Å². The molecule has 1 saturated heterocycles. The Morgan fingerprint density at radius 3 is 2.23 bits per heavy atom. The van der Waals surface area contributed by atoms with Gasteiger partial charge in [0.25, 0.3) is 0 Å². The molecule has 3 N–H and O–H groups in total. The number of carbonyl (C=O) groups is 1. The summed E-state index contributed by atoms with van der Waals surface area (Å²) in [4.78, 5) is 15.6. The van der Waals surface area contributed by atoms with Gasteiger partial charge in [0.2, 0.25) is 6.41 Å². The highest BCUT2D eigenvalue weighted by Crippen LogP contribution is 2.25. The van der Waals surface area contributed by atoms with E-state index >= 15 is 0 Å². The number of nitrogens with two attached hydrogens (primary N) is 1. The molecule has 212 valence electrons. The van der Waals surface area contributed by atoms with Gasteiger partial charge in [-0.25, -0.2) is 0 Å². The monoisotopic (exact) mass is 538 g/mol. The van der Waals surface area contributed by atoms with E-state index in [0.717, 1.165) is 73.6 Å². The summed E-state index contributed by atoms with van der Waals surface area (Å²) in [5.41, 5.74) is 16.4. The number of aryl methyl sites for hydroxylation is 2. The SMILES string of the molecule is CCC/C=C(C)/C(C)=C(/N)c1cc(NC=O)ccc1C.Cc1ccccc1CN1CCN(c2ccccc2)CC1. The van der Waals surface area contributed by atoms with Crippen molar-refractivity contribution in [1.29, 1.82) is 0 Å². The number of rotatable bonds is 9. The molecule has 0 radical (unpaired) electrons. The van der Waals surface area contributed by atoms with Gasteiger partial charge in [0.1, 0.15) is 0 Å². The van der Waals surface area contributed by atoms with Gasteiger partial charge in [0, 0.05) is 55.4 Å². The number of para-hydroxylation sites is 1. The first-order valence-corrected chi connectivity index (χ1v) is 14.4. The predicted octanol–water partition coefficient (Wildman–Crippen LogP) is 7.32. The van der Waals surface area contributed by atoms with Crippen LogP contribution < -0.4 is 16.0 Å². The van der Waals surface area contributed by atoms with E-state index in [4.69, 9.17) is 5.73 Å². The summed E-state index contributed by atoms with van der Waals surface area (Å²) in [5.74, 6) is 0. The van der Waals surface area contributed by atoms with Crippen LogP contribution in [0.2, 0.25) is 0 Å². The summed E-state index contributed by atoms with van der Waals surface area (Å²) in [6.45, 7) is 16.1. The minimum Gasteiger partial charge on any atom is -0.398 e. The molecule has 4 rings (SSSR count). The second kappa shape index (κ2) is 15.7. The zero-order chi connectivity index (χ0) is 28.9. The normalized spacial score (nSPS) is 14.6. The third kappa shape index (κ3) is 8.85. The molecule has 1 heterocycles. The van der Waals surface area contributed by atoms with Crippen LogP contribution in [0.15, 0.2) is 90.0 Å². The van der Waals surface area contributed by atoms with E-state index in [9.17, 15) is 4.79 Å². The van der Waals surface area contributed by atoms with Crippen molar-refractivity contribution < 1.29 is 4.79 Å². The van der Waals surface area contributed by atoms with Crippen LogP contribution in [-0.2, 0) is 11.3 Å². The van der Waals surface area contributed by atoms with Crippen molar-refractivity contribution in [3.63, 3.8) is 0 Å². The van der Waals surface area contributed by atoms with E-state index < -0.39 is 0 Å². The van der Waals surface area contributed by atoms with Crippen molar-refractivity contribution in [3.05, 3.63) is 112 Å². The summed E-state index contributed by atoms with van der Waals surface area (Å²) < 4.78 is 0. The fraction of sp³-hybridized carbons (Fsp3) is 0.343.